The Balaban J connectivity index is 1.94. The summed E-state index contributed by atoms with van der Waals surface area (Å²) in [5.41, 5.74) is 2.14. The molecule has 1 saturated heterocycles. The van der Waals surface area contributed by atoms with Crippen LogP contribution in [0.2, 0.25) is 0 Å². The molecule has 0 bridgehead atoms. The van der Waals surface area contributed by atoms with Gasteiger partial charge in [0.2, 0.25) is 0 Å². The van der Waals surface area contributed by atoms with E-state index in [1.807, 2.05) is 6.92 Å². The molecule has 0 aromatic carbocycles. The van der Waals surface area contributed by atoms with Gasteiger partial charge in [0.25, 0.3) is 0 Å². The van der Waals surface area contributed by atoms with Gasteiger partial charge in [0.1, 0.15) is 6.10 Å². The molecule has 1 amide bonds. The highest BCUT2D eigenvalue weighted by Gasteiger charge is 2.16. The largest absolute Gasteiger partial charge is 0.428 e. The minimum Gasteiger partial charge on any atom is -0.379 e. The van der Waals surface area contributed by atoms with Gasteiger partial charge in [0.15, 0.2) is 0 Å². The van der Waals surface area contributed by atoms with Crippen molar-refractivity contribution in [3.63, 3.8) is 0 Å². The summed E-state index contributed by atoms with van der Waals surface area (Å²) < 4.78 is 5.06. The van der Waals surface area contributed by atoms with Gasteiger partial charge < -0.3 is 14.9 Å². The number of amides is 1. The van der Waals surface area contributed by atoms with Crippen molar-refractivity contribution < 1.29 is 19.2 Å². The molecule has 0 aromatic heterocycles. The third-order valence-electron chi connectivity index (χ3n) is 1.76. The zero-order valence-corrected chi connectivity index (χ0v) is 8.25. The maximum absolute atomic E-state index is 10.9. The van der Waals surface area contributed by atoms with Crippen LogP contribution in [0.4, 0.5) is 4.79 Å². The summed E-state index contributed by atoms with van der Waals surface area (Å²) >= 11 is 0. The fraction of sp³-hybridized carbons (Fsp3) is 0.875. The van der Waals surface area contributed by atoms with Crippen LogP contribution in [0.1, 0.15) is 19.8 Å². The molecule has 1 unspecified atom stereocenters. The van der Waals surface area contributed by atoms with Gasteiger partial charge in [-0.05, 0) is 12.1 Å². The van der Waals surface area contributed by atoms with Gasteiger partial charge >= 0.3 is 6.09 Å². The van der Waals surface area contributed by atoms with Crippen LogP contribution in [-0.2, 0) is 14.4 Å². The second kappa shape index (κ2) is 6.58. The van der Waals surface area contributed by atoms with Crippen molar-refractivity contribution in [3.8, 4) is 0 Å². The predicted molar refractivity (Wildman–Crippen MR) is 48.2 cm³/mol. The van der Waals surface area contributed by atoms with Crippen LogP contribution in [0, 0.1) is 0 Å². The Morgan fingerprint density at radius 3 is 3.14 bits per heavy atom. The lowest BCUT2D eigenvalue weighted by Crippen LogP contribution is -2.33. The molecular formula is C8H16N2O4. The van der Waals surface area contributed by atoms with Gasteiger partial charge in [0, 0.05) is 19.6 Å². The lowest BCUT2D eigenvalue weighted by atomic mass is 10.3. The number of hydrogen-bond donors (Lipinski definition) is 2. The maximum atomic E-state index is 10.9. The monoisotopic (exact) mass is 204 g/mol. The van der Waals surface area contributed by atoms with Crippen molar-refractivity contribution in [2.75, 3.05) is 19.8 Å². The highest BCUT2D eigenvalue weighted by Crippen LogP contribution is 2.05. The van der Waals surface area contributed by atoms with Gasteiger partial charge in [-0.3, -0.25) is 4.84 Å². The molecule has 0 radical (unpaired) electrons. The normalized spacial score (nSPS) is 20.8. The fourth-order valence-electron chi connectivity index (χ4n) is 0.999. The van der Waals surface area contributed by atoms with E-state index in [9.17, 15) is 4.79 Å². The van der Waals surface area contributed by atoms with Gasteiger partial charge in [-0.2, -0.15) is 0 Å². The molecule has 0 spiro atoms. The van der Waals surface area contributed by atoms with Gasteiger partial charge in [-0.25, -0.2) is 4.79 Å². The van der Waals surface area contributed by atoms with E-state index >= 15 is 0 Å². The molecule has 6 heteroatoms. The van der Waals surface area contributed by atoms with Crippen LogP contribution in [0.25, 0.3) is 0 Å². The van der Waals surface area contributed by atoms with E-state index in [1.165, 1.54) is 0 Å². The van der Waals surface area contributed by atoms with E-state index in [0.29, 0.717) is 19.8 Å². The summed E-state index contributed by atoms with van der Waals surface area (Å²) in [6, 6.07) is 0. The first-order valence-electron chi connectivity index (χ1n) is 4.76. The minimum absolute atomic E-state index is 0.0334. The van der Waals surface area contributed by atoms with Gasteiger partial charge in [-0.15, -0.1) is 0 Å². The number of rotatable bonds is 5. The van der Waals surface area contributed by atoms with E-state index in [2.05, 4.69) is 15.8 Å². The molecule has 0 aromatic rings. The quantitative estimate of drug-likeness (QED) is 0.632. The zero-order chi connectivity index (χ0) is 10.2. The van der Waals surface area contributed by atoms with Crippen LogP contribution in [-0.4, -0.2) is 32.0 Å². The average Bonchev–Trinajstić information content (AvgIpc) is 2.67. The smallest absolute Gasteiger partial charge is 0.379 e. The van der Waals surface area contributed by atoms with Crippen molar-refractivity contribution in [1.82, 2.24) is 11.0 Å². The van der Waals surface area contributed by atoms with Crippen molar-refractivity contribution in [3.05, 3.63) is 0 Å². The Kier molecular flexibility index (Phi) is 5.28. The van der Waals surface area contributed by atoms with E-state index in [4.69, 9.17) is 9.57 Å². The second-order valence-corrected chi connectivity index (χ2v) is 3.00. The number of ether oxygens (including phenoxy) is 1. The highest BCUT2D eigenvalue weighted by atomic mass is 16.9. The van der Waals surface area contributed by atoms with Crippen LogP contribution in [0.3, 0.4) is 0 Å². The third kappa shape index (κ3) is 4.40. The minimum atomic E-state index is -0.536. The molecule has 82 valence electrons. The van der Waals surface area contributed by atoms with Crippen molar-refractivity contribution in [2.45, 2.75) is 25.9 Å². The first-order valence-corrected chi connectivity index (χ1v) is 4.76. The van der Waals surface area contributed by atoms with Gasteiger partial charge in [0.05, 0.1) is 6.61 Å². The Hall–Kier alpha value is -0.850. The summed E-state index contributed by atoms with van der Waals surface area (Å²) in [6.45, 7) is 3.77. The number of nitrogens with one attached hydrogen (secondary N) is 2. The second-order valence-electron chi connectivity index (χ2n) is 3.00. The Bertz CT molecular complexity index is 171. The number of carbonyl (C=O) groups excluding carboxylic acids is 1. The number of carbonyl (C=O) groups is 1. The zero-order valence-electron chi connectivity index (χ0n) is 8.25. The van der Waals surface area contributed by atoms with E-state index in [1.54, 1.807) is 0 Å². The van der Waals surface area contributed by atoms with Crippen LogP contribution in [0.15, 0.2) is 0 Å². The summed E-state index contributed by atoms with van der Waals surface area (Å²) in [4.78, 5) is 20.4. The Morgan fingerprint density at radius 1 is 1.64 bits per heavy atom. The molecule has 1 aliphatic heterocycles. The van der Waals surface area contributed by atoms with Crippen molar-refractivity contribution in [2.24, 2.45) is 0 Å². The predicted octanol–water partition coefficient (Wildman–Crippen LogP) is 0.348. The number of hydrogen-bond acceptors (Lipinski definition) is 5. The van der Waals surface area contributed by atoms with Gasteiger partial charge in [-0.1, -0.05) is 6.92 Å². The third-order valence-corrected chi connectivity index (χ3v) is 1.76. The lowest BCUT2D eigenvalue weighted by Gasteiger charge is -2.10. The molecular weight excluding hydrogens is 188 g/mol. The SMILES string of the molecule is CCCNC(=O)ONOC1CCOC1. The summed E-state index contributed by atoms with van der Waals surface area (Å²) in [5.74, 6) is 0. The van der Waals surface area contributed by atoms with Crippen LogP contribution < -0.4 is 11.0 Å². The first kappa shape index (κ1) is 11.2. The lowest BCUT2D eigenvalue weighted by molar-refractivity contribution is -0.162. The molecule has 1 fully saturated rings. The Morgan fingerprint density at radius 2 is 2.50 bits per heavy atom. The highest BCUT2D eigenvalue weighted by molar-refractivity contribution is 5.66. The summed E-state index contributed by atoms with van der Waals surface area (Å²) in [6.07, 6.45) is 1.11. The van der Waals surface area contributed by atoms with Crippen molar-refractivity contribution in [1.29, 1.82) is 0 Å². The molecule has 14 heavy (non-hydrogen) atoms. The van der Waals surface area contributed by atoms with E-state index in [-0.39, 0.29) is 6.10 Å². The standard InChI is InChI=1S/C8H16N2O4/c1-2-4-9-8(11)14-10-13-7-3-5-12-6-7/h7,10H,2-6H2,1H3,(H,9,11). The van der Waals surface area contributed by atoms with E-state index < -0.39 is 6.09 Å². The summed E-state index contributed by atoms with van der Waals surface area (Å²) in [5, 5.41) is 2.52. The molecule has 1 rings (SSSR count). The van der Waals surface area contributed by atoms with Crippen molar-refractivity contribution >= 4 is 6.09 Å². The summed E-state index contributed by atoms with van der Waals surface area (Å²) in [7, 11) is 0. The van der Waals surface area contributed by atoms with Crippen LogP contribution >= 0.6 is 0 Å². The fourth-order valence-corrected chi connectivity index (χ4v) is 0.999. The van der Waals surface area contributed by atoms with E-state index in [0.717, 1.165) is 12.8 Å². The topological polar surface area (TPSA) is 68.8 Å². The average molecular weight is 204 g/mol. The maximum Gasteiger partial charge on any atom is 0.428 e. The first-order chi connectivity index (χ1) is 6.83. The van der Waals surface area contributed by atoms with Crippen LogP contribution in [0.5, 0.6) is 0 Å². The Labute approximate surface area is 82.8 Å². The molecule has 1 atom stereocenters. The molecule has 2 N–H and O–H groups in total. The molecule has 0 saturated carbocycles. The molecule has 6 nitrogen and oxygen atoms in total. The molecule has 0 aliphatic carbocycles. The molecule has 1 aliphatic rings. The molecule has 1 heterocycles.